The molecule has 1 aliphatic rings. The van der Waals surface area contributed by atoms with E-state index < -0.39 is 0 Å². The molecule has 3 heteroatoms. The highest BCUT2D eigenvalue weighted by molar-refractivity contribution is 5.86. The lowest BCUT2D eigenvalue weighted by Crippen LogP contribution is -2.25. The largest absolute Gasteiger partial charge is 0.393 e. The molecule has 0 saturated heterocycles. The van der Waals surface area contributed by atoms with Crippen LogP contribution in [-0.4, -0.2) is 11.9 Å². The molecule has 0 atom stereocenters. The van der Waals surface area contributed by atoms with Gasteiger partial charge in [-0.1, -0.05) is 13.8 Å². The highest BCUT2D eigenvalue weighted by Gasteiger charge is 2.26. The second kappa shape index (κ2) is 5.89. The standard InChI is InChI=1S/C12H20O3/c1-3-4-11(13)15-12(14)10-7-5-9(2)6-8-10/h9-10H,3-8H2,1-2H3. The zero-order chi connectivity index (χ0) is 11.3. The van der Waals surface area contributed by atoms with Crippen LogP contribution in [0, 0.1) is 11.8 Å². The minimum Gasteiger partial charge on any atom is -0.393 e. The molecule has 15 heavy (non-hydrogen) atoms. The van der Waals surface area contributed by atoms with Gasteiger partial charge in [-0.05, 0) is 38.0 Å². The van der Waals surface area contributed by atoms with Crippen molar-refractivity contribution in [1.82, 2.24) is 0 Å². The molecule has 0 aliphatic heterocycles. The summed E-state index contributed by atoms with van der Waals surface area (Å²) in [6.45, 7) is 4.10. The molecule has 0 aromatic heterocycles. The Labute approximate surface area is 91.2 Å². The van der Waals surface area contributed by atoms with Crippen LogP contribution in [0.1, 0.15) is 52.4 Å². The van der Waals surface area contributed by atoms with Crippen LogP contribution in [0.4, 0.5) is 0 Å². The summed E-state index contributed by atoms with van der Waals surface area (Å²) >= 11 is 0. The average molecular weight is 212 g/mol. The summed E-state index contributed by atoms with van der Waals surface area (Å²) in [6.07, 6.45) is 4.96. The quantitative estimate of drug-likeness (QED) is 0.533. The van der Waals surface area contributed by atoms with Gasteiger partial charge in [0.2, 0.25) is 0 Å². The Morgan fingerprint density at radius 2 is 1.80 bits per heavy atom. The summed E-state index contributed by atoms with van der Waals surface area (Å²) in [5.74, 6) is -0.0103. The first kappa shape index (κ1) is 12.2. The van der Waals surface area contributed by atoms with Crippen LogP contribution in [0.25, 0.3) is 0 Å². The second-order valence-corrected chi connectivity index (χ2v) is 4.50. The predicted molar refractivity (Wildman–Crippen MR) is 57.1 cm³/mol. The lowest BCUT2D eigenvalue weighted by molar-refractivity contribution is -0.163. The highest BCUT2D eigenvalue weighted by Crippen LogP contribution is 2.29. The van der Waals surface area contributed by atoms with E-state index in [1.54, 1.807) is 0 Å². The van der Waals surface area contributed by atoms with Crippen LogP contribution < -0.4 is 0 Å². The van der Waals surface area contributed by atoms with Crippen molar-refractivity contribution < 1.29 is 14.3 Å². The van der Waals surface area contributed by atoms with Crippen LogP contribution in [0.15, 0.2) is 0 Å². The Bertz CT molecular complexity index is 227. The van der Waals surface area contributed by atoms with Gasteiger partial charge in [0.15, 0.2) is 0 Å². The molecule has 0 aromatic rings. The van der Waals surface area contributed by atoms with E-state index in [2.05, 4.69) is 6.92 Å². The summed E-state index contributed by atoms with van der Waals surface area (Å²) < 4.78 is 4.79. The van der Waals surface area contributed by atoms with Crippen molar-refractivity contribution in [3.05, 3.63) is 0 Å². The average Bonchev–Trinajstić information content (AvgIpc) is 2.18. The molecule has 1 fully saturated rings. The van der Waals surface area contributed by atoms with Crippen molar-refractivity contribution in [2.24, 2.45) is 11.8 Å². The first-order valence-corrected chi connectivity index (χ1v) is 5.88. The third kappa shape index (κ3) is 4.02. The molecular formula is C12H20O3. The fraction of sp³-hybridized carbons (Fsp3) is 0.833. The fourth-order valence-electron chi connectivity index (χ4n) is 1.95. The van der Waals surface area contributed by atoms with Gasteiger partial charge in [0.1, 0.15) is 0 Å². The molecule has 3 nitrogen and oxygen atoms in total. The van der Waals surface area contributed by atoms with Gasteiger partial charge in [-0.3, -0.25) is 9.59 Å². The Morgan fingerprint density at radius 1 is 1.20 bits per heavy atom. The van der Waals surface area contributed by atoms with Crippen molar-refractivity contribution in [2.45, 2.75) is 52.4 Å². The van der Waals surface area contributed by atoms with Crippen molar-refractivity contribution >= 4 is 11.9 Å². The van der Waals surface area contributed by atoms with Gasteiger partial charge >= 0.3 is 11.9 Å². The normalized spacial score (nSPS) is 26.0. The smallest absolute Gasteiger partial charge is 0.316 e. The zero-order valence-corrected chi connectivity index (χ0v) is 9.62. The maximum Gasteiger partial charge on any atom is 0.316 e. The lowest BCUT2D eigenvalue weighted by Gasteiger charge is -2.23. The van der Waals surface area contributed by atoms with Crippen molar-refractivity contribution in [3.63, 3.8) is 0 Å². The number of hydrogen-bond donors (Lipinski definition) is 0. The molecule has 0 spiro atoms. The first-order valence-electron chi connectivity index (χ1n) is 5.88. The Kier molecular flexibility index (Phi) is 4.79. The predicted octanol–water partition coefficient (Wildman–Crippen LogP) is 2.68. The van der Waals surface area contributed by atoms with Crippen LogP contribution >= 0.6 is 0 Å². The zero-order valence-electron chi connectivity index (χ0n) is 9.62. The van der Waals surface area contributed by atoms with E-state index in [0.29, 0.717) is 12.3 Å². The first-order chi connectivity index (χ1) is 7.13. The molecule has 0 unspecified atom stereocenters. The summed E-state index contributed by atoms with van der Waals surface area (Å²) in [7, 11) is 0. The number of hydrogen-bond acceptors (Lipinski definition) is 3. The van der Waals surface area contributed by atoms with E-state index >= 15 is 0 Å². The van der Waals surface area contributed by atoms with Gasteiger partial charge in [0.25, 0.3) is 0 Å². The van der Waals surface area contributed by atoms with Crippen LogP contribution in [0.5, 0.6) is 0 Å². The van der Waals surface area contributed by atoms with Gasteiger partial charge in [-0.2, -0.15) is 0 Å². The number of ether oxygens (including phenoxy) is 1. The summed E-state index contributed by atoms with van der Waals surface area (Å²) in [5.41, 5.74) is 0. The van der Waals surface area contributed by atoms with E-state index in [1.165, 1.54) is 0 Å². The van der Waals surface area contributed by atoms with E-state index in [-0.39, 0.29) is 17.9 Å². The van der Waals surface area contributed by atoms with E-state index in [9.17, 15) is 9.59 Å². The molecule has 1 saturated carbocycles. The molecule has 0 radical (unpaired) electrons. The van der Waals surface area contributed by atoms with Gasteiger partial charge in [0.05, 0.1) is 5.92 Å². The number of carbonyl (C=O) groups is 2. The van der Waals surface area contributed by atoms with Gasteiger partial charge < -0.3 is 4.74 Å². The molecule has 1 aliphatic carbocycles. The third-order valence-corrected chi connectivity index (χ3v) is 3.02. The van der Waals surface area contributed by atoms with Gasteiger partial charge in [-0.15, -0.1) is 0 Å². The van der Waals surface area contributed by atoms with Crippen LogP contribution in [-0.2, 0) is 14.3 Å². The van der Waals surface area contributed by atoms with Crippen LogP contribution in [0.2, 0.25) is 0 Å². The minimum absolute atomic E-state index is 0.0398. The SMILES string of the molecule is CCCC(=O)OC(=O)C1CCC(C)CC1. The van der Waals surface area contributed by atoms with E-state index in [1.807, 2.05) is 6.92 Å². The van der Waals surface area contributed by atoms with Crippen molar-refractivity contribution in [2.75, 3.05) is 0 Å². The third-order valence-electron chi connectivity index (χ3n) is 3.02. The second-order valence-electron chi connectivity index (χ2n) is 4.50. The molecule has 0 heterocycles. The topological polar surface area (TPSA) is 43.4 Å². The minimum atomic E-state index is -0.374. The molecule has 0 N–H and O–H groups in total. The van der Waals surface area contributed by atoms with Gasteiger partial charge in [0, 0.05) is 6.42 Å². The molecule has 1 rings (SSSR count). The Morgan fingerprint density at radius 3 is 2.33 bits per heavy atom. The maximum atomic E-state index is 11.5. The number of carbonyl (C=O) groups excluding carboxylic acids is 2. The highest BCUT2D eigenvalue weighted by atomic mass is 16.6. The van der Waals surface area contributed by atoms with E-state index in [0.717, 1.165) is 32.1 Å². The van der Waals surface area contributed by atoms with Crippen LogP contribution in [0.3, 0.4) is 0 Å². The Hall–Kier alpha value is -0.860. The number of rotatable bonds is 3. The molecule has 0 amide bonds. The molecule has 86 valence electrons. The molecule has 0 bridgehead atoms. The van der Waals surface area contributed by atoms with E-state index in [4.69, 9.17) is 4.74 Å². The van der Waals surface area contributed by atoms with Gasteiger partial charge in [-0.25, -0.2) is 0 Å². The lowest BCUT2D eigenvalue weighted by atomic mass is 9.83. The maximum absolute atomic E-state index is 11.5. The number of esters is 2. The van der Waals surface area contributed by atoms with Crippen molar-refractivity contribution in [1.29, 1.82) is 0 Å². The molecule has 0 aromatic carbocycles. The van der Waals surface area contributed by atoms with Crippen molar-refractivity contribution in [3.8, 4) is 0 Å². The summed E-state index contributed by atoms with van der Waals surface area (Å²) in [5, 5.41) is 0. The molecular weight excluding hydrogens is 192 g/mol. The summed E-state index contributed by atoms with van der Waals surface area (Å²) in [4.78, 5) is 22.7. The monoisotopic (exact) mass is 212 g/mol. The fourth-order valence-corrected chi connectivity index (χ4v) is 1.95. The Balaban J connectivity index is 2.31. The summed E-state index contributed by atoms with van der Waals surface area (Å²) in [6, 6.07) is 0.